The third-order valence-electron chi connectivity index (χ3n) is 1.79. The van der Waals surface area contributed by atoms with E-state index in [0.29, 0.717) is 6.42 Å². The first-order chi connectivity index (χ1) is 5.07. The first-order valence-corrected chi connectivity index (χ1v) is 3.77. The van der Waals surface area contributed by atoms with Crippen LogP contribution in [0.4, 0.5) is 0 Å². The molecule has 0 aromatic rings. The normalized spacial score (nSPS) is 9.09. The van der Waals surface area contributed by atoms with Crippen LogP contribution in [0.25, 0.3) is 0 Å². The van der Waals surface area contributed by atoms with Gasteiger partial charge in [-0.3, -0.25) is 4.79 Å². The zero-order valence-electron chi connectivity index (χ0n) is 7.73. The van der Waals surface area contributed by atoms with Crippen LogP contribution in [-0.2, 0) is 9.53 Å². The lowest BCUT2D eigenvalue weighted by atomic mass is 10.1. The monoisotopic (exact) mass is 156 g/mol. The average Bonchev–Trinajstić information content (AvgIpc) is 1.99. The topological polar surface area (TPSA) is 26.3 Å². The van der Waals surface area contributed by atoms with Gasteiger partial charge in [-0.05, 0) is 27.2 Å². The van der Waals surface area contributed by atoms with Crippen LogP contribution in [0.2, 0.25) is 0 Å². The van der Waals surface area contributed by atoms with Gasteiger partial charge in [0.2, 0.25) is 0 Å². The number of methoxy groups -OCH3 is 1. The predicted octanol–water partition coefficient (Wildman–Crippen LogP) is 2.30. The van der Waals surface area contributed by atoms with Crippen LogP contribution in [0.5, 0.6) is 0 Å². The molecule has 0 aromatic heterocycles. The highest BCUT2D eigenvalue weighted by Gasteiger charge is 2.00. The summed E-state index contributed by atoms with van der Waals surface area (Å²) in [5.74, 6) is -0.134. The maximum Gasteiger partial charge on any atom is 0.305 e. The molecule has 0 saturated carbocycles. The van der Waals surface area contributed by atoms with Crippen molar-refractivity contribution in [2.24, 2.45) is 0 Å². The molecule has 2 heteroatoms. The number of carbonyl (C=O) groups is 1. The van der Waals surface area contributed by atoms with Gasteiger partial charge in [0.25, 0.3) is 0 Å². The molecule has 0 unspecified atom stereocenters. The van der Waals surface area contributed by atoms with Gasteiger partial charge >= 0.3 is 5.97 Å². The molecule has 11 heavy (non-hydrogen) atoms. The van der Waals surface area contributed by atoms with Crippen LogP contribution in [0, 0.1) is 0 Å². The molecule has 0 spiro atoms. The number of hydrogen-bond acceptors (Lipinski definition) is 2. The zero-order valence-corrected chi connectivity index (χ0v) is 7.73. The van der Waals surface area contributed by atoms with Crippen molar-refractivity contribution in [3.05, 3.63) is 11.1 Å². The van der Waals surface area contributed by atoms with E-state index in [4.69, 9.17) is 0 Å². The van der Waals surface area contributed by atoms with Gasteiger partial charge in [0.1, 0.15) is 0 Å². The molecule has 0 saturated heterocycles. The molecule has 0 aromatic carbocycles. The Balaban J connectivity index is 3.72. The van der Waals surface area contributed by atoms with Crippen LogP contribution in [0.15, 0.2) is 11.1 Å². The lowest BCUT2D eigenvalue weighted by molar-refractivity contribution is -0.140. The second kappa shape index (κ2) is 4.94. The highest BCUT2D eigenvalue weighted by molar-refractivity contribution is 5.69. The summed E-state index contributed by atoms with van der Waals surface area (Å²) in [5.41, 5.74) is 2.56. The summed E-state index contributed by atoms with van der Waals surface area (Å²) < 4.78 is 4.52. The first kappa shape index (κ1) is 10.2. The Hall–Kier alpha value is -0.790. The van der Waals surface area contributed by atoms with Gasteiger partial charge < -0.3 is 4.74 Å². The van der Waals surface area contributed by atoms with E-state index >= 15 is 0 Å². The van der Waals surface area contributed by atoms with Crippen molar-refractivity contribution >= 4 is 5.97 Å². The maximum atomic E-state index is 10.7. The summed E-state index contributed by atoms with van der Waals surface area (Å²) in [7, 11) is 1.42. The van der Waals surface area contributed by atoms with Gasteiger partial charge in [0, 0.05) is 6.42 Å². The van der Waals surface area contributed by atoms with Crippen LogP contribution in [0.3, 0.4) is 0 Å². The van der Waals surface area contributed by atoms with Crippen molar-refractivity contribution in [2.45, 2.75) is 33.6 Å². The largest absolute Gasteiger partial charge is 0.469 e. The minimum absolute atomic E-state index is 0.134. The van der Waals surface area contributed by atoms with E-state index in [0.717, 1.165) is 6.42 Å². The van der Waals surface area contributed by atoms with E-state index in [-0.39, 0.29) is 5.97 Å². The second-order valence-electron chi connectivity index (χ2n) is 2.86. The third kappa shape index (κ3) is 4.59. The molecule has 2 nitrogen and oxygen atoms in total. The van der Waals surface area contributed by atoms with Gasteiger partial charge in [-0.1, -0.05) is 11.1 Å². The van der Waals surface area contributed by atoms with Crippen molar-refractivity contribution in [3.8, 4) is 0 Å². The maximum absolute atomic E-state index is 10.7. The van der Waals surface area contributed by atoms with Crippen LogP contribution < -0.4 is 0 Å². The molecular formula is C9H16O2. The molecule has 0 atom stereocenters. The smallest absolute Gasteiger partial charge is 0.305 e. The standard InChI is InChI=1S/C9H16O2/c1-7(2)8(3)5-6-9(10)11-4/h5-6H2,1-4H3. The molecule has 0 amide bonds. The second-order valence-corrected chi connectivity index (χ2v) is 2.86. The Morgan fingerprint density at radius 1 is 1.18 bits per heavy atom. The summed E-state index contributed by atoms with van der Waals surface area (Å²) in [5, 5.41) is 0. The molecule has 0 aliphatic rings. The van der Waals surface area contributed by atoms with Crippen molar-refractivity contribution in [2.75, 3.05) is 7.11 Å². The van der Waals surface area contributed by atoms with Crippen molar-refractivity contribution in [1.82, 2.24) is 0 Å². The number of allylic oxidation sites excluding steroid dienone is 2. The number of ether oxygens (including phenoxy) is 1. The van der Waals surface area contributed by atoms with Crippen molar-refractivity contribution in [1.29, 1.82) is 0 Å². The van der Waals surface area contributed by atoms with Crippen LogP contribution >= 0.6 is 0 Å². The minimum atomic E-state index is -0.134. The summed E-state index contributed by atoms with van der Waals surface area (Å²) in [6.45, 7) is 6.14. The van der Waals surface area contributed by atoms with Gasteiger partial charge in [0.15, 0.2) is 0 Å². The van der Waals surface area contributed by atoms with Gasteiger partial charge in [0.05, 0.1) is 7.11 Å². The predicted molar refractivity (Wildman–Crippen MR) is 45.3 cm³/mol. The third-order valence-corrected chi connectivity index (χ3v) is 1.79. The molecule has 0 fully saturated rings. The molecule has 0 heterocycles. The Labute approximate surface area is 68.2 Å². The number of hydrogen-bond donors (Lipinski definition) is 0. The number of esters is 1. The first-order valence-electron chi connectivity index (χ1n) is 3.77. The minimum Gasteiger partial charge on any atom is -0.469 e. The molecule has 0 rings (SSSR count). The summed E-state index contributed by atoms with van der Waals surface area (Å²) in [4.78, 5) is 10.7. The SMILES string of the molecule is COC(=O)CCC(C)=C(C)C. The van der Waals surface area contributed by atoms with Crippen molar-refractivity contribution in [3.63, 3.8) is 0 Å². The Morgan fingerprint density at radius 3 is 2.09 bits per heavy atom. The highest BCUT2D eigenvalue weighted by Crippen LogP contribution is 2.09. The quantitative estimate of drug-likeness (QED) is 0.463. The van der Waals surface area contributed by atoms with Gasteiger partial charge in [-0.2, -0.15) is 0 Å². The average molecular weight is 156 g/mol. The van der Waals surface area contributed by atoms with E-state index in [1.165, 1.54) is 18.3 Å². The van der Waals surface area contributed by atoms with E-state index in [9.17, 15) is 4.79 Å². The fourth-order valence-corrected chi connectivity index (χ4v) is 0.642. The molecule has 0 aliphatic heterocycles. The Bertz CT molecular complexity index is 164. The Kier molecular flexibility index (Phi) is 4.59. The lowest BCUT2D eigenvalue weighted by Gasteiger charge is -2.01. The Morgan fingerprint density at radius 2 is 1.73 bits per heavy atom. The fraction of sp³-hybridized carbons (Fsp3) is 0.667. The molecule has 64 valence electrons. The van der Waals surface area contributed by atoms with Crippen LogP contribution in [0.1, 0.15) is 33.6 Å². The van der Waals surface area contributed by atoms with E-state index < -0.39 is 0 Å². The fourth-order valence-electron chi connectivity index (χ4n) is 0.642. The number of carbonyl (C=O) groups excluding carboxylic acids is 1. The highest BCUT2D eigenvalue weighted by atomic mass is 16.5. The zero-order chi connectivity index (χ0) is 8.85. The van der Waals surface area contributed by atoms with Gasteiger partial charge in [-0.25, -0.2) is 0 Å². The van der Waals surface area contributed by atoms with E-state index in [1.54, 1.807) is 0 Å². The van der Waals surface area contributed by atoms with E-state index in [2.05, 4.69) is 4.74 Å². The summed E-state index contributed by atoms with van der Waals surface area (Å²) in [6, 6.07) is 0. The molecule has 0 radical (unpaired) electrons. The van der Waals surface area contributed by atoms with Crippen LogP contribution in [-0.4, -0.2) is 13.1 Å². The molecule has 0 bridgehead atoms. The summed E-state index contributed by atoms with van der Waals surface area (Å²) >= 11 is 0. The molecule has 0 N–H and O–H groups in total. The number of rotatable bonds is 3. The van der Waals surface area contributed by atoms with Gasteiger partial charge in [-0.15, -0.1) is 0 Å². The van der Waals surface area contributed by atoms with Crippen molar-refractivity contribution < 1.29 is 9.53 Å². The lowest BCUT2D eigenvalue weighted by Crippen LogP contribution is -1.99. The summed E-state index contributed by atoms with van der Waals surface area (Å²) in [6.07, 6.45) is 1.31. The molecule has 0 aliphatic carbocycles. The molecular weight excluding hydrogens is 140 g/mol. The van der Waals surface area contributed by atoms with E-state index in [1.807, 2.05) is 20.8 Å².